The first kappa shape index (κ1) is 13.3. The summed E-state index contributed by atoms with van der Waals surface area (Å²) in [6.07, 6.45) is 5.29. The van der Waals surface area contributed by atoms with E-state index in [-0.39, 0.29) is 5.91 Å². The molecule has 0 aliphatic rings. The van der Waals surface area contributed by atoms with Crippen LogP contribution >= 0.6 is 0 Å². The molecule has 0 unspecified atom stereocenters. The van der Waals surface area contributed by atoms with Crippen LogP contribution in [0.15, 0.2) is 24.7 Å². The van der Waals surface area contributed by atoms with E-state index in [4.69, 9.17) is 0 Å². The average molecular weight is 261 g/mol. The molecule has 6 nitrogen and oxygen atoms in total. The maximum Gasteiger partial charge on any atom is 0.257 e. The lowest BCUT2D eigenvalue weighted by atomic mass is 10.3. The Labute approximate surface area is 112 Å². The van der Waals surface area contributed by atoms with Crippen molar-refractivity contribution in [2.24, 2.45) is 0 Å². The minimum absolute atomic E-state index is 0.0363. The molecule has 0 radical (unpaired) electrons. The number of carbonyl (C=O) groups is 1. The molecule has 6 heteroatoms. The number of hydrogen-bond donors (Lipinski definition) is 0. The Morgan fingerprint density at radius 2 is 2.05 bits per heavy atom. The van der Waals surface area contributed by atoms with Crippen LogP contribution < -0.4 is 0 Å². The van der Waals surface area contributed by atoms with Crippen LogP contribution in [-0.4, -0.2) is 37.4 Å². The summed E-state index contributed by atoms with van der Waals surface area (Å²) in [6, 6.07) is 1.93. The summed E-state index contributed by atoms with van der Waals surface area (Å²) < 4.78 is 3.59. The lowest BCUT2D eigenvalue weighted by molar-refractivity contribution is 0.0783. The Hall–Kier alpha value is -2.11. The molecule has 102 valence electrons. The van der Waals surface area contributed by atoms with Crippen molar-refractivity contribution in [3.8, 4) is 0 Å². The quantitative estimate of drug-likeness (QED) is 0.817. The van der Waals surface area contributed by atoms with Gasteiger partial charge in [-0.25, -0.2) is 0 Å². The number of rotatable bonds is 5. The van der Waals surface area contributed by atoms with Gasteiger partial charge in [0.1, 0.15) is 0 Å². The molecule has 2 heterocycles. The number of hydrogen-bond acceptors (Lipinski definition) is 3. The van der Waals surface area contributed by atoms with E-state index in [9.17, 15) is 4.79 Å². The number of aromatic nitrogens is 4. The van der Waals surface area contributed by atoms with Gasteiger partial charge in [-0.05, 0) is 19.9 Å². The van der Waals surface area contributed by atoms with E-state index < -0.39 is 0 Å². The van der Waals surface area contributed by atoms with Gasteiger partial charge in [0, 0.05) is 32.5 Å². The zero-order valence-corrected chi connectivity index (χ0v) is 11.6. The van der Waals surface area contributed by atoms with Crippen LogP contribution in [0.2, 0.25) is 0 Å². The van der Waals surface area contributed by atoms with Crippen LogP contribution in [0.1, 0.15) is 29.9 Å². The van der Waals surface area contributed by atoms with Crippen LogP contribution in [-0.2, 0) is 19.6 Å². The van der Waals surface area contributed by atoms with E-state index >= 15 is 0 Å². The van der Waals surface area contributed by atoms with E-state index in [1.165, 1.54) is 0 Å². The minimum Gasteiger partial charge on any atom is -0.336 e. The van der Waals surface area contributed by atoms with Crippen molar-refractivity contribution in [2.45, 2.75) is 33.5 Å². The molecule has 0 aliphatic carbocycles. The zero-order valence-electron chi connectivity index (χ0n) is 11.6. The van der Waals surface area contributed by atoms with Gasteiger partial charge in [0.2, 0.25) is 0 Å². The predicted molar refractivity (Wildman–Crippen MR) is 71.6 cm³/mol. The third kappa shape index (κ3) is 3.01. The summed E-state index contributed by atoms with van der Waals surface area (Å²) >= 11 is 0. The number of amides is 1. The zero-order chi connectivity index (χ0) is 13.8. The van der Waals surface area contributed by atoms with Gasteiger partial charge in [-0.2, -0.15) is 10.2 Å². The molecule has 2 aromatic heterocycles. The van der Waals surface area contributed by atoms with Gasteiger partial charge >= 0.3 is 0 Å². The molecule has 2 rings (SSSR count). The van der Waals surface area contributed by atoms with Crippen molar-refractivity contribution in [2.75, 3.05) is 7.05 Å². The highest BCUT2D eigenvalue weighted by Crippen LogP contribution is 2.06. The highest BCUT2D eigenvalue weighted by molar-refractivity contribution is 5.93. The number of nitrogens with zero attached hydrogens (tertiary/aromatic N) is 5. The maximum atomic E-state index is 12.2. The van der Waals surface area contributed by atoms with Crippen molar-refractivity contribution in [1.29, 1.82) is 0 Å². The van der Waals surface area contributed by atoms with Crippen molar-refractivity contribution in [3.05, 3.63) is 35.9 Å². The van der Waals surface area contributed by atoms with Crippen LogP contribution in [0.3, 0.4) is 0 Å². The number of carbonyl (C=O) groups excluding carboxylic acids is 1. The topological polar surface area (TPSA) is 56.0 Å². The number of aryl methyl sites for hydroxylation is 2. The van der Waals surface area contributed by atoms with Gasteiger partial charge in [0.25, 0.3) is 5.91 Å². The summed E-state index contributed by atoms with van der Waals surface area (Å²) in [5.41, 5.74) is 1.50. The molecule has 0 aliphatic heterocycles. The third-order valence-electron chi connectivity index (χ3n) is 2.97. The van der Waals surface area contributed by atoms with E-state index in [2.05, 4.69) is 10.2 Å². The fraction of sp³-hybridized carbons (Fsp3) is 0.462. The molecule has 0 N–H and O–H groups in total. The molecule has 0 saturated carbocycles. The fourth-order valence-electron chi connectivity index (χ4n) is 1.85. The monoisotopic (exact) mass is 261 g/mol. The van der Waals surface area contributed by atoms with Crippen molar-refractivity contribution < 1.29 is 4.79 Å². The normalized spacial score (nSPS) is 10.7. The van der Waals surface area contributed by atoms with Gasteiger partial charge < -0.3 is 4.90 Å². The van der Waals surface area contributed by atoms with Crippen LogP contribution in [0.5, 0.6) is 0 Å². The predicted octanol–water partition coefficient (Wildman–Crippen LogP) is 1.39. The summed E-state index contributed by atoms with van der Waals surface area (Å²) in [6.45, 7) is 6.12. The summed E-state index contributed by atoms with van der Waals surface area (Å²) in [5, 5.41) is 8.48. The highest BCUT2D eigenvalue weighted by atomic mass is 16.2. The second kappa shape index (κ2) is 5.69. The Morgan fingerprint density at radius 3 is 2.63 bits per heavy atom. The minimum atomic E-state index is -0.0363. The SMILES string of the molecule is CCn1cc(C(=O)N(C)Cc2ccn(CC)n2)cn1. The third-order valence-corrected chi connectivity index (χ3v) is 2.97. The Morgan fingerprint density at radius 1 is 1.32 bits per heavy atom. The molecule has 0 aromatic carbocycles. The molecule has 0 spiro atoms. The molecular formula is C13H19N5O. The Balaban J connectivity index is 2.02. The first-order chi connectivity index (χ1) is 9.13. The van der Waals surface area contributed by atoms with Crippen molar-refractivity contribution in [1.82, 2.24) is 24.5 Å². The summed E-state index contributed by atoms with van der Waals surface area (Å²) in [4.78, 5) is 13.8. The van der Waals surface area contributed by atoms with E-state index in [1.807, 2.05) is 30.8 Å². The first-order valence-electron chi connectivity index (χ1n) is 6.44. The van der Waals surface area contributed by atoms with Gasteiger partial charge in [-0.15, -0.1) is 0 Å². The summed E-state index contributed by atoms with van der Waals surface area (Å²) in [7, 11) is 1.77. The van der Waals surface area contributed by atoms with Crippen molar-refractivity contribution >= 4 is 5.91 Å². The molecule has 2 aromatic rings. The van der Waals surface area contributed by atoms with E-state index in [1.54, 1.807) is 29.0 Å². The van der Waals surface area contributed by atoms with Crippen LogP contribution in [0, 0.1) is 0 Å². The van der Waals surface area contributed by atoms with Gasteiger partial charge in [0.05, 0.1) is 24.0 Å². The first-order valence-corrected chi connectivity index (χ1v) is 6.44. The second-order valence-electron chi connectivity index (χ2n) is 4.41. The lowest BCUT2D eigenvalue weighted by Crippen LogP contribution is -2.26. The smallest absolute Gasteiger partial charge is 0.257 e. The molecule has 0 bridgehead atoms. The Kier molecular flexibility index (Phi) is 3.99. The molecule has 0 atom stereocenters. The average Bonchev–Trinajstić information content (AvgIpc) is 3.06. The molecule has 0 fully saturated rings. The highest BCUT2D eigenvalue weighted by Gasteiger charge is 2.14. The van der Waals surface area contributed by atoms with Crippen LogP contribution in [0.4, 0.5) is 0 Å². The van der Waals surface area contributed by atoms with E-state index in [0.717, 1.165) is 18.8 Å². The van der Waals surface area contributed by atoms with Gasteiger partial charge in [-0.3, -0.25) is 14.2 Å². The molecule has 0 saturated heterocycles. The molecule has 1 amide bonds. The maximum absolute atomic E-state index is 12.2. The van der Waals surface area contributed by atoms with Gasteiger partial charge in [0.15, 0.2) is 0 Å². The Bertz CT molecular complexity index is 557. The second-order valence-corrected chi connectivity index (χ2v) is 4.41. The van der Waals surface area contributed by atoms with Crippen molar-refractivity contribution in [3.63, 3.8) is 0 Å². The molecule has 19 heavy (non-hydrogen) atoms. The summed E-state index contributed by atoms with van der Waals surface area (Å²) in [5.74, 6) is -0.0363. The fourth-order valence-corrected chi connectivity index (χ4v) is 1.85. The molecular weight excluding hydrogens is 242 g/mol. The lowest BCUT2D eigenvalue weighted by Gasteiger charge is -2.14. The van der Waals surface area contributed by atoms with Crippen LogP contribution in [0.25, 0.3) is 0 Å². The largest absolute Gasteiger partial charge is 0.336 e. The standard InChI is InChI=1S/C13H19N5O/c1-4-17-7-6-12(15-17)10-16(3)13(19)11-8-14-18(5-2)9-11/h6-9H,4-5,10H2,1-3H3. The van der Waals surface area contributed by atoms with E-state index in [0.29, 0.717) is 12.1 Å². The van der Waals surface area contributed by atoms with Gasteiger partial charge in [-0.1, -0.05) is 0 Å².